The average Bonchev–Trinajstić information content (AvgIpc) is 2.96. The Morgan fingerprint density at radius 3 is 2.25 bits per heavy atom. The molecule has 0 atom stereocenters. The number of aromatic hydroxyl groups is 1. The molecule has 1 aliphatic rings. The molecule has 0 radical (unpaired) electrons. The molecular weight excluding hydrogens is 454 g/mol. The van der Waals surface area contributed by atoms with E-state index >= 15 is 0 Å². The van der Waals surface area contributed by atoms with Crippen molar-refractivity contribution in [3.63, 3.8) is 0 Å². The van der Waals surface area contributed by atoms with Gasteiger partial charge in [-0.2, -0.15) is 8.42 Å². The van der Waals surface area contributed by atoms with Crippen LogP contribution in [0.4, 0.5) is 5.69 Å². The van der Waals surface area contributed by atoms with E-state index in [4.69, 9.17) is 0 Å². The number of nitrogens with zero attached hydrogens (tertiary/aromatic N) is 1. The molecule has 11 heteroatoms. The SMILES string of the molecule is CC(C)(C)c1ccc(S(=O)(=O)NCCCc2ccc(N3C=C(O)NS3(=O)=O)c(O)c2)cc1. The third-order valence-corrected chi connectivity index (χ3v) is 7.74. The van der Waals surface area contributed by atoms with Crippen LogP contribution in [-0.2, 0) is 32.1 Å². The first-order valence-electron chi connectivity index (χ1n) is 9.95. The lowest BCUT2D eigenvalue weighted by Crippen LogP contribution is -2.29. The zero-order valence-corrected chi connectivity index (χ0v) is 19.7. The summed E-state index contributed by atoms with van der Waals surface area (Å²) in [5, 5.41) is 19.6. The number of anilines is 1. The Bertz CT molecular complexity index is 1230. The van der Waals surface area contributed by atoms with Crippen LogP contribution in [0.1, 0.15) is 38.3 Å². The van der Waals surface area contributed by atoms with Gasteiger partial charge in [-0.25, -0.2) is 22.2 Å². The van der Waals surface area contributed by atoms with Crippen LogP contribution in [-0.4, -0.2) is 33.6 Å². The molecule has 0 aromatic heterocycles. The van der Waals surface area contributed by atoms with E-state index in [9.17, 15) is 27.0 Å². The van der Waals surface area contributed by atoms with Gasteiger partial charge in [-0.05, 0) is 53.6 Å². The largest absolute Gasteiger partial charge is 0.506 e. The molecule has 2 aromatic carbocycles. The molecular formula is C21H27N3O6S2. The molecule has 2 aromatic rings. The average molecular weight is 482 g/mol. The van der Waals surface area contributed by atoms with Crippen molar-refractivity contribution in [2.75, 3.05) is 10.8 Å². The summed E-state index contributed by atoms with van der Waals surface area (Å²) in [4.78, 5) is 0.198. The normalized spacial score (nSPS) is 16.0. The number of phenols is 1. The zero-order valence-electron chi connectivity index (χ0n) is 18.0. The fourth-order valence-corrected chi connectivity index (χ4v) is 5.36. The number of nitrogens with one attached hydrogen (secondary N) is 2. The highest BCUT2D eigenvalue weighted by atomic mass is 32.2. The number of aliphatic hydroxyl groups is 1. The number of phenolic OH excluding ortho intramolecular Hbond substituents is 1. The molecule has 0 bridgehead atoms. The van der Waals surface area contributed by atoms with E-state index in [0.29, 0.717) is 18.4 Å². The minimum absolute atomic E-state index is 0.00953. The van der Waals surface area contributed by atoms with E-state index in [2.05, 4.69) is 25.5 Å². The summed E-state index contributed by atoms with van der Waals surface area (Å²) in [7, 11) is -7.63. The van der Waals surface area contributed by atoms with Gasteiger partial charge >= 0.3 is 10.2 Å². The molecule has 32 heavy (non-hydrogen) atoms. The quantitative estimate of drug-likeness (QED) is 0.449. The van der Waals surface area contributed by atoms with Crippen LogP contribution < -0.4 is 13.7 Å². The van der Waals surface area contributed by atoms with Gasteiger partial charge in [-0.3, -0.25) is 0 Å². The van der Waals surface area contributed by atoms with E-state index in [1.165, 1.54) is 12.1 Å². The second-order valence-electron chi connectivity index (χ2n) is 8.52. The Kier molecular flexibility index (Phi) is 6.45. The predicted molar refractivity (Wildman–Crippen MR) is 122 cm³/mol. The van der Waals surface area contributed by atoms with Gasteiger partial charge in [0.15, 0.2) is 0 Å². The summed E-state index contributed by atoms with van der Waals surface area (Å²) in [6.45, 7) is 6.37. The number of hydrogen-bond acceptors (Lipinski definition) is 6. The van der Waals surface area contributed by atoms with E-state index < -0.39 is 26.1 Å². The fraction of sp³-hybridized carbons (Fsp3) is 0.333. The molecule has 174 valence electrons. The van der Waals surface area contributed by atoms with Crippen molar-refractivity contribution in [3.8, 4) is 5.75 Å². The van der Waals surface area contributed by atoms with Crippen LogP contribution in [0.25, 0.3) is 0 Å². The summed E-state index contributed by atoms with van der Waals surface area (Å²) < 4.78 is 54.0. The minimum Gasteiger partial charge on any atom is -0.506 e. The molecule has 1 aliphatic heterocycles. The Morgan fingerprint density at radius 1 is 1.06 bits per heavy atom. The fourth-order valence-electron chi connectivity index (χ4n) is 3.21. The van der Waals surface area contributed by atoms with Crippen LogP contribution >= 0.6 is 0 Å². The van der Waals surface area contributed by atoms with Gasteiger partial charge in [0, 0.05) is 6.54 Å². The molecule has 3 rings (SSSR count). The lowest BCUT2D eigenvalue weighted by Gasteiger charge is -2.19. The van der Waals surface area contributed by atoms with Crippen LogP contribution in [0.3, 0.4) is 0 Å². The van der Waals surface area contributed by atoms with Gasteiger partial charge in [0.2, 0.25) is 15.9 Å². The first kappa shape index (κ1) is 23.9. The highest BCUT2D eigenvalue weighted by molar-refractivity contribution is 7.91. The number of sulfonamides is 1. The summed E-state index contributed by atoms with van der Waals surface area (Å²) in [5.41, 5.74) is 1.67. The Labute approximate surface area is 188 Å². The molecule has 0 saturated heterocycles. The Hall–Kier alpha value is -2.76. The number of aliphatic hydroxyl groups excluding tert-OH is 1. The highest BCUT2D eigenvalue weighted by Gasteiger charge is 2.30. The smallest absolute Gasteiger partial charge is 0.330 e. The van der Waals surface area contributed by atoms with Crippen molar-refractivity contribution in [2.45, 2.75) is 43.9 Å². The Morgan fingerprint density at radius 2 is 1.72 bits per heavy atom. The molecule has 0 spiro atoms. The Balaban J connectivity index is 1.58. The van der Waals surface area contributed by atoms with Crippen molar-refractivity contribution in [1.82, 2.24) is 9.44 Å². The molecule has 9 nitrogen and oxygen atoms in total. The number of hydrogen-bond donors (Lipinski definition) is 4. The maximum absolute atomic E-state index is 12.5. The molecule has 0 fully saturated rings. The van der Waals surface area contributed by atoms with Crippen LogP contribution in [0.2, 0.25) is 0 Å². The second-order valence-corrected chi connectivity index (χ2v) is 11.8. The van der Waals surface area contributed by atoms with E-state index in [1.54, 1.807) is 18.2 Å². The monoisotopic (exact) mass is 481 g/mol. The van der Waals surface area contributed by atoms with E-state index in [1.807, 2.05) is 16.9 Å². The molecule has 1 heterocycles. The number of aryl methyl sites for hydroxylation is 1. The van der Waals surface area contributed by atoms with E-state index in [0.717, 1.165) is 16.1 Å². The first-order chi connectivity index (χ1) is 14.8. The van der Waals surface area contributed by atoms with Crippen molar-refractivity contribution in [3.05, 3.63) is 65.7 Å². The molecule has 0 unspecified atom stereocenters. The third kappa shape index (κ3) is 5.34. The summed E-state index contributed by atoms with van der Waals surface area (Å²) in [5.74, 6) is -0.827. The maximum atomic E-state index is 12.5. The second kappa shape index (κ2) is 8.64. The summed E-state index contributed by atoms with van der Waals surface area (Å²) in [6.07, 6.45) is 1.89. The van der Waals surface area contributed by atoms with Crippen LogP contribution in [0, 0.1) is 0 Å². The van der Waals surface area contributed by atoms with Gasteiger partial charge in [0.05, 0.1) is 11.1 Å². The minimum atomic E-state index is -4.00. The van der Waals surface area contributed by atoms with Gasteiger partial charge in [0.25, 0.3) is 0 Å². The van der Waals surface area contributed by atoms with Crippen LogP contribution in [0.15, 0.2) is 59.4 Å². The molecule has 0 aliphatic carbocycles. The standard InChI is InChI=1S/C21H27N3O6S2/c1-21(2,3)16-7-9-17(10-8-16)31(27,28)22-12-4-5-15-6-11-18(19(25)13-15)24-14-20(26)23-32(24,29)30/h6-11,13-14,22-23,25-26H,4-5,12H2,1-3H3. The van der Waals surface area contributed by atoms with E-state index in [-0.39, 0.29) is 28.3 Å². The first-order valence-corrected chi connectivity index (χ1v) is 12.9. The zero-order chi connectivity index (χ0) is 23.7. The topological polar surface area (TPSA) is 136 Å². The van der Waals surface area contributed by atoms with Crippen molar-refractivity contribution in [2.24, 2.45) is 0 Å². The molecule has 4 N–H and O–H groups in total. The predicted octanol–water partition coefficient (Wildman–Crippen LogP) is 2.61. The third-order valence-electron chi connectivity index (χ3n) is 4.97. The number of benzene rings is 2. The van der Waals surface area contributed by atoms with Gasteiger partial charge in [-0.1, -0.05) is 39.0 Å². The maximum Gasteiger partial charge on any atom is 0.330 e. The van der Waals surface area contributed by atoms with Crippen molar-refractivity contribution >= 4 is 25.9 Å². The molecule has 0 amide bonds. The van der Waals surface area contributed by atoms with Crippen LogP contribution in [0.5, 0.6) is 5.75 Å². The van der Waals surface area contributed by atoms with Crippen molar-refractivity contribution < 1.29 is 27.0 Å². The summed E-state index contributed by atoms with van der Waals surface area (Å²) >= 11 is 0. The summed E-state index contributed by atoms with van der Waals surface area (Å²) in [6, 6.07) is 11.3. The van der Waals surface area contributed by atoms with Gasteiger partial charge in [-0.15, -0.1) is 0 Å². The molecule has 0 saturated carbocycles. The van der Waals surface area contributed by atoms with Crippen molar-refractivity contribution in [1.29, 1.82) is 0 Å². The lowest BCUT2D eigenvalue weighted by atomic mass is 9.87. The number of rotatable bonds is 7. The lowest BCUT2D eigenvalue weighted by molar-refractivity contribution is 0.392. The highest BCUT2D eigenvalue weighted by Crippen LogP contribution is 2.32. The van der Waals surface area contributed by atoms with Gasteiger partial charge < -0.3 is 10.2 Å². The van der Waals surface area contributed by atoms with Gasteiger partial charge in [0.1, 0.15) is 11.4 Å².